The first-order chi connectivity index (χ1) is 18.6. The van der Waals surface area contributed by atoms with Gasteiger partial charge in [-0.05, 0) is 35.1 Å². The van der Waals surface area contributed by atoms with Gasteiger partial charge >= 0.3 is 17.3 Å². The first-order valence-corrected chi connectivity index (χ1v) is 14.5. The van der Waals surface area contributed by atoms with Crippen molar-refractivity contribution in [2.75, 3.05) is 5.75 Å². The van der Waals surface area contributed by atoms with E-state index in [0.29, 0.717) is 0 Å². The van der Waals surface area contributed by atoms with Gasteiger partial charge in [-0.15, -0.1) is 0 Å². The quantitative estimate of drug-likeness (QED) is 0.270. The summed E-state index contributed by atoms with van der Waals surface area (Å²) in [5.41, 5.74) is -0.946. The lowest BCUT2D eigenvalue weighted by molar-refractivity contribution is -0.486. The molecule has 0 amide bonds. The number of hydrogen-bond acceptors (Lipinski definition) is 12. The van der Waals surface area contributed by atoms with Crippen molar-refractivity contribution < 1.29 is 51.4 Å². The highest BCUT2D eigenvalue weighted by Crippen LogP contribution is 2.37. The van der Waals surface area contributed by atoms with Gasteiger partial charge in [0, 0.05) is 12.1 Å². The Kier molecular flexibility index (Phi) is 11.1. The van der Waals surface area contributed by atoms with E-state index in [4.69, 9.17) is 10.2 Å². The molecule has 0 aliphatic rings. The van der Waals surface area contributed by atoms with Crippen LogP contribution in [0.25, 0.3) is 0 Å². The summed E-state index contributed by atoms with van der Waals surface area (Å²) in [6.07, 6.45) is 0. The van der Waals surface area contributed by atoms with Crippen LogP contribution in [0.3, 0.4) is 0 Å². The molecule has 0 saturated carbocycles. The lowest BCUT2D eigenvalue weighted by atomic mass is 10.0. The predicted octanol–water partition coefficient (Wildman–Crippen LogP) is 2.76. The Hall–Kier alpha value is -4.52. The molecule has 0 aliphatic heterocycles. The minimum atomic E-state index is -4.74. The van der Waals surface area contributed by atoms with E-state index in [1.807, 2.05) is 13.8 Å². The maximum absolute atomic E-state index is 12.0. The minimum absolute atomic E-state index is 0.169. The van der Waals surface area contributed by atoms with E-state index in [1.165, 1.54) is 24.3 Å². The SMILES string of the molecule is CC(C)c1cc([N+](=O)[O-])c(S(=O)(=O)CC(=O)O)c([N+](=O)[O-])c1.CC(C)c1ccc(S(=O)(=O)C(C(=O)O)[N+](=O)[O-])cc1. The molecule has 41 heavy (non-hydrogen) atoms. The van der Waals surface area contributed by atoms with Crippen LogP contribution in [0.2, 0.25) is 0 Å². The Morgan fingerprint density at radius 3 is 1.49 bits per heavy atom. The maximum atomic E-state index is 12.0. The number of nitro groups is 3. The summed E-state index contributed by atoms with van der Waals surface area (Å²) in [6.45, 7) is 7.05. The van der Waals surface area contributed by atoms with Gasteiger partial charge < -0.3 is 10.2 Å². The van der Waals surface area contributed by atoms with Gasteiger partial charge in [-0.2, -0.15) is 0 Å². The third-order valence-electron chi connectivity index (χ3n) is 5.33. The van der Waals surface area contributed by atoms with Crippen LogP contribution >= 0.6 is 0 Å². The van der Waals surface area contributed by atoms with Gasteiger partial charge in [0.1, 0.15) is 0 Å². The summed E-state index contributed by atoms with van der Waals surface area (Å²) in [7, 11) is -9.28. The molecule has 0 saturated heterocycles. The third kappa shape index (κ3) is 8.48. The fourth-order valence-corrected chi connectivity index (χ4v) is 5.92. The van der Waals surface area contributed by atoms with E-state index in [-0.39, 0.29) is 22.3 Å². The Bertz CT molecular complexity index is 1530. The fourth-order valence-electron chi connectivity index (χ4n) is 3.29. The molecule has 1 atom stereocenters. The van der Waals surface area contributed by atoms with Crippen molar-refractivity contribution in [3.63, 3.8) is 0 Å². The highest BCUT2D eigenvalue weighted by atomic mass is 32.2. The summed E-state index contributed by atoms with van der Waals surface area (Å²) >= 11 is 0. The Morgan fingerprint density at radius 2 is 1.20 bits per heavy atom. The zero-order chi connectivity index (χ0) is 32.0. The summed E-state index contributed by atoms with van der Waals surface area (Å²) in [5, 5.41) is 47.3. The van der Waals surface area contributed by atoms with E-state index >= 15 is 0 Å². The maximum Gasteiger partial charge on any atom is 0.408 e. The van der Waals surface area contributed by atoms with Crippen LogP contribution in [0.4, 0.5) is 11.4 Å². The van der Waals surface area contributed by atoms with Gasteiger partial charge in [0.05, 0.1) is 19.7 Å². The summed E-state index contributed by atoms with van der Waals surface area (Å²) in [6, 6.07) is 7.21. The highest BCUT2D eigenvalue weighted by Gasteiger charge is 2.44. The van der Waals surface area contributed by atoms with Crippen LogP contribution in [0, 0.1) is 30.3 Å². The molecule has 224 valence electrons. The van der Waals surface area contributed by atoms with Crippen molar-refractivity contribution in [3.8, 4) is 0 Å². The van der Waals surface area contributed by atoms with Gasteiger partial charge in [0.15, 0.2) is 5.75 Å². The molecule has 0 aromatic heterocycles. The Labute approximate surface area is 232 Å². The molecular formula is C22H25N3O14S2. The normalized spacial score (nSPS) is 12.2. The average molecular weight is 620 g/mol. The van der Waals surface area contributed by atoms with Gasteiger partial charge in [-0.1, -0.05) is 39.8 Å². The van der Waals surface area contributed by atoms with Gasteiger partial charge in [-0.3, -0.25) is 35.1 Å². The van der Waals surface area contributed by atoms with Crippen LogP contribution < -0.4 is 0 Å². The number of aliphatic carboxylic acids is 2. The predicted molar refractivity (Wildman–Crippen MR) is 140 cm³/mol. The van der Waals surface area contributed by atoms with Crippen LogP contribution in [-0.2, 0) is 29.3 Å². The molecule has 0 heterocycles. The first-order valence-electron chi connectivity index (χ1n) is 11.3. The number of carboxylic acids is 2. The highest BCUT2D eigenvalue weighted by molar-refractivity contribution is 7.92. The van der Waals surface area contributed by atoms with Crippen LogP contribution in [0.1, 0.15) is 50.7 Å². The van der Waals surface area contributed by atoms with E-state index in [1.54, 1.807) is 13.8 Å². The number of nitrogens with zero attached hydrogens (tertiary/aromatic N) is 3. The molecule has 17 nitrogen and oxygen atoms in total. The summed E-state index contributed by atoms with van der Waals surface area (Å²) in [5.74, 6) is -5.40. The zero-order valence-corrected chi connectivity index (χ0v) is 23.5. The van der Waals surface area contributed by atoms with Crippen LogP contribution in [0.5, 0.6) is 0 Å². The number of sulfone groups is 2. The van der Waals surface area contributed by atoms with Gasteiger partial charge in [0.25, 0.3) is 21.2 Å². The number of benzene rings is 2. The van der Waals surface area contributed by atoms with Crippen molar-refractivity contribution in [2.45, 2.75) is 54.7 Å². The molecule has 2 rings (SSSR count). The molecule has 0 bridgehead atoms. The largest absolute Gasteiger partial charge is 0.480 e. The Morgan fingerprint density at radius 1 is 0.780 bits per heavy atom. The van der Waals surface area contributed by atoms with Crippen LogP contribution in [0.15, 0.2) is 46.2 Å². The molecule has 2 N–H and O–H groups in total. The minimum Gasteiger partial charge on any atom is -0.480 e. The molecular weight excluding hydrogens is 594 g/mol. The van der Waals surface area contributed by atoms with Crippen molar-refractivity contribution in [3.05, 3.63) is 77.9 Å². The van der Waals surface area contributed by atoms with Crippen molar-refractivity contribution in [2.24, 2.45) is 0 Å². The molecule has 0 fully saturated rings. The van der Waals surface area contributed by atoms with E-state index in [0.717, 1.165) is 17.7 Å². The zero-order valence-electron chi connectivity index (χ0n) is 21.9. The van der Waals surface area contributed by atoms with Gasteiger partial charge in [0.2, 0.25) is 14.7 Å². The molecule has 0 radical (unpaired) electrons. The van der Waals surface area contributed by atoms with E-state index < -0.39 is 73.8 Å². The number of hydrogen-bond donors (Lipinski definition) is 2. The number of nitro benzene ring substituents is 2. The summed E-state index contributed by atoms with van der Waals surface area (Å²) < 4.78 is 47.7. The molecule has 2 aromatic carbocycles. The molecule has 0 aliphatic carbocycles. The average Bonchev–Trinajstić information content (AvgIpc) is 2.81. The smallest absolute Gasteiger partial charge is 0.408 e. The monoisotopic (exact) mass is 619 g/mol. The lowest BCUT2D eigenvalue weighted by Crippen LogP contribution is -2.37. The Balaban J connectivity index is 0.000000414. The van der Waals surface area contributed by atoms with Crippen molar-refractivity contribution in [1.29, 1.82) is 0 Å². The second-order valence-electron chi connectivity index (χ2n) is 8.95. The molecule has 2 aromatic rings. The standard InChI is InChI=1S/C11H12N2O8S.C11H13NO6S/c1-6(2)7-3-8(12(16)17)11(9(4-7)13(18)19)22(20,21)5-10(14)15;1-7(2)8-3-5-9(6-4-8)19(17,18)10(11(13)14)12(15)16/h3-4,6H,5H2,1-2H3,(H,14,15);3-7,10H,1-2H3,(H,13,14). The molecule has 19 heteroatoms. The number of carboxylic acid groups (broad SMARTS) is 2. The lowest BCUT2D eigenvalue weighted by Gasteiger charge is -2.09. The topological polar surface area (TPSA) is 272 Å². The van der Waals surface area contributed by atoms with Crippen molar-refractivity contribution >= 4 is 43.0 Å². The fraction of sp³-hybridized carbons (Fsp3) is 0.364. The van der Waals surface area contributed by atoms with Crippen LogP contribution in [-0.4, -0.2) is 64.9 Å². The number of rotatable bonds is 11. The molecule has 1 unspecified atom stereocenters. The molecule has 0 spiro atoms. The first kappa shape index (κ1) is 34.5. The third-order valence-corrected chi connectivity index (χ3v) is 8.89. The summed E-state index contributed by atoms with van der Waals surface area (Å²) in [4.78, 5) is 49.0. The number of carbonyl (C=O) groups is 2. The van der Waals surface area contributed by atoms with E-state index in [9.17, 15) is 56.8 Å². The second-order valence-corrected chi connectivity index (χ2v) is 12.9. The van der Waals surface area contributed by atoms with Crippen molar-refractivity contribution in [1.82, 2.24) is 0 Å². The second kappa shape index (κ2) is 13.2. The van der Waals surface area contributed by atoms with Gasteiger partial charge in [-0.25, -0.2) is 21.6 Å². The van der Waals surface area contributed by atoms with E-state index in [2.05, 4.69) is 0 Å².